The van der Waals surface area contributed by atoms with Gasteiger partial charge in [0, 0.05) is 37.1 Å². The summed E-state index contributed by atoms with van der Waals surface area (Å²) < 4.78 is 37.5. The summed E-state index contributed by atoms with van der Waals surface area (Å²) >= 11 is 1.56. The van der Waals surface area contributed by atoms with Crippen molar-refractivity contribution in [3.05, 3.63) is 40.7 Å². The minimum atomic E-state index is -4.16. The number of nitrogens with zero attached hydrogens (tertiary/aromatic N) is 3. The highest BCUT2D eigenvalue weighted by Gasteiger charge is 2.34. The van der Waals surface area contributed by atoms with E-state index in [1.165, 1.54) is 4.90 Å². The quantitative estimate of drug-likeness (QED) is 0.355. The third-order valence-electron chi connectivity index (χ3n) is 4.27. The van der Waals surface area contributed by atoms with E-state index in [1.54, 1.807) is 18.4 Å². The van der Waals surface area contributed by atoms with Crippen molar-refractivity contribution in [3.8, 4) is 11.3 Å². The third-order valence-corrected chi connectivity index (χ3v) is 5.12. The predicted molar refractivity (Wildman–Crippen MR) is 117 cm³/mol. The van der Waals surface area contributed by atoms with Crippen LogP contribution in [-0.4, -0.2) is 54.7 Å². The second-order valence-corrected chi connectivity index (χ2v) is 7.34. The standard InChI is InChI=1S/C18H22F3N5S.HI/c1-22-17(24-14-7-8-26(10-14)12-18(19,20)21)23-9-16-25-15(11-27-16)13-5-3-2-4-6-13;/h2-6,11,14H,7-10,12H2,1H3,(H2,22,23,24);1H. The van der Waals surface area contributed by atoms with Gasteiger partial charge in [-0.15, -0.1) is 35.3 Å². The lowest BCUT2D eigenvalue weighted by molar-refractivity contribution is -0.143. The molecule has 154 valence electrons. The van der Waals surface area contributed by atoms with Crippen molar-refractivity contribution in [2.75, 3.05) is 26.7 Å². The molecular formula is C18H23F3IN5S. The van der Waals surface area contributed by atoms with Crippen LogP contribution >= 0.6 is 35.3 Å². The summed E-state index contributed by atoms with van der Waals surface area (Å²) in [5.74, 6) is 0.574. The van der Waals surface area contributed by atoms with Gasteiger partial charge in [-0.05, 0) is 6.42 Å². The Balaban J connectivity index is 0.00000280. The maximum absolute atomic E-state index is 12.5. The molecule has 1 aliphatic rings. The fourth-order valence-electron chi connectivity index (χ4n) is 3.03. The number of rotatable bonds is 5. The summed E-state index contributed by atoms with van der Waals surface area (Å²) in [5.41, 5.74) is 2.00. The number of nitrogens with one attached hydrogen (secondary N) is 2. The zero-order valence-electron chi connectivity index (χ0n) is 15.4. The molecule has 10 heteroatoms. The second-order valence-electron chi connectivity index (χ2n) is 6.40. The number of thiazole rings is 1. The Morgan fingerprint density at radius 2 is 2.07 bits per heavy atom. The molecule has 1 atom stereocenters. The van der Waals surface area contributed by atoms with Crippen LogP contribution in [0.3, 0.4) is 0 Å². The van der Waals surface area contributed by atoms with Gasteiger partial charge in [-0.1, -0.05) is 30.3 Å². The molecule has 0 amide bonds. The van der Waals surface area contributed by atoms with Crippen molar-refractivity contribution in [2.24, 2.45) is 4.99 Å². The fraction of sp³-hybridized carbons (Fsp3) is 0.444. The van der Waals surface area contributed by atoms with Gasteiger partial charge < -0.3 is 10.6 Å². The SMILES string of the molecule is CN=C(NCc1nc(-c2ccccc2)cs1)NC1CCN(CC(F)(F)F)C1.I. The smallest absolute Gasteiger partial charge is 0.352 e. The fourth-order valence-corrected chi connectivity index (χ4v) is 3.77. The summed E-state index contributed by atoms with van der Waals surface area (Å²) in [6.07, 6.45) is -3.50. The van der Waals surface area contributed by atoms with Crippen molar-refractivity contribution in [2.45, 2.75) is 25.2 Å². The highest BCUT2D eigenvalue weighted by molar-refractivity contribution is 14.0. The molecule has 1 saturated heterocycles. The van der Waals surface area contributed by atoms with Crippen LogP contribution in [-0.2, 0) is 6.54 Å². The number of hydrogen-bond acceptors (Lipinski definition) is 4. The molecule has 1 fully saturated rings. The molecule has 2 heterocycles. The van der Waals surface area contributed by atoms with Gasteiger partial charge in [0.05, 0.1) is 18.8 Å². The van der Waals surface area contributed by atoms with Gasteiger partial charge in [-0.25, -0.2) is 4.98 Å². The number of guanidine groups is 1. The first-order chi connectivity index (χ1) is 12.9. The highest BCUT2D eigenvalue weighted by Crippen LogP contribution is 2.22. The summed E-state index contributed by atoms with van der Waals surface area (Å²) in [5, 5.41) is 9.31. The summed E-state index contributed by atoms with van der Waals surface area (Å²) in [7, 11) is 1.65. The van der Waals surface area contributed by atoms with Crippen molar-refractivity contribution in [1.82, 2.24) is 20.5 Å². The van der Waals surface area contributed by atoms with E-state index in [4.69, 9.17) is 0 Å². The van der Waals surface area contributed by atoms with Crippen LogP contribution in [0.5, 0.6) is 0 Å². The monoisotopic (exact) mass is 525 g/mol. The minimum Gasteiger partial charge on any atom is -0.352 e. The van der Waals surface area contributed by atoms with E-state index in [0.29, 0.717) is 32.0 Å². The van der Waals surface area contributed by atoms with Gasteiger partial charge in [0.15, 0.2) is 5.96 Å². The molecule has 28 heavy (non-hydrogen) atoms. The first-order valence-electron chi connectivity index (χ1n) is 8.69. The largest absolute Gasteiger partial charge is 0.401 e. The van der Waals surface area contributed by atoms with E-state index in [9.17, 15) is 13.2 Å². The number of aromatic nitrogens is 1. The van der Waals surface area contributed by atoms with E-state index < -0.39 is 12.7 Å². The second kappa shape index (κ2) is 10.4. The average Bonchev–Trinajstić information content (AvgIpc) is 3.27. The van der Waals surface area contributed by atoms with Gasteiger partial charge in [0.25, 0.3) is 0 Å². The zero-order valence-corrected chi connectivity index (χ0v) is 18.5. The Morgan fingerprint density at radius 1 is 1.32 bits per heavy atom. The van der Waals surface area contributed by atoms with Crippen LogP contribution in [0.4, 0.5) is 13.2 Å². The van der Waals surface area contributed by atoms with Crippen LogP contribution in [0.15, 0.2) is 40.7 Å². The van der Waals surface area contributed by atoms with E-state index >= 15 is 0 Å². The average molecular weight is 525 g/mol. The van der Waals surface area contributed by atoms with Gasteiger partial charge in [0.1, 0.15) is 5.01 Å². The molecule has 5 nitrogen and oxygen atoms in total. The summed E-state index contributed by atoms with van der Waals surface area (Å²) in [6, 6.07) is 9.89. The summed E-state index contributed by atoms with van der Waals surface area (Å²) in [6.45, 7) is 0.436. The normalized spacial score (nSPS) is 18.0. The Kier molecular flexibility index (Phi) is 8.50. The predicted octanol–water partition coefficient (Wildman–Crippen LogP) is 3.73. The lowest BCUT2D eigenvalue weighted by Gasteiger charge is -2.19. The first-order valence-corrected chi connectivity index (χ1v) is 9.57. The Bertz CT molecular complexity index is 766. The number of likely N-dealkylation sites (tertiary alicyclic amines) is 1. The molecule has 0 radical (unpaired) electrons. The van der Waals surface area contributed by atoms with E-state index in [1.807, 2.05) is 35.7 Å². The van der Waals surface area contributed by atoms with Gasteiger partial charge >= 0.3 is 6.18 Å². The number of benzene rings is 1. The topological polar surface area (TPSA) is 52.6 Å². The molecule has 1 aliphatic heterocycles. The number of aliphatic imine (C=N–C) groups is 1. The molecular weight excluding hydrogens is 502 g/mol. The molecule has 0 spiro atoms. The van der Waals surface area contributed by atoms with E-state index in [-0.39, 0.29) is 30.0 Å². The van der Waals surface area contributed by atoms with Crippen LogP contribution < -0.4 is 10.6 Å². The number of hydrogen-bond donors (Lipinski definition) is 2. The van der Waals surface area contributed by atoms with Crippen molar-refractivity contribution >= 4 is 41.3 Å². The van der Waals surface area contributed by atoms with E-state index in [2.05, 4.69) is 20.6 Å². The van der Waals surface area contributed by atoms with Crippen molar-refractivity contribution in [1.29, 1.82) is 0 Å². The lowest BCUT2D eigenvalue weighted by Crippen LogP contribution is -2.44. The van der Waals surface area contributed by atoms with Crippen LogP contribution in [0.25, 0.3) is 11.3 Å². The van der Waals surface area contributed by atoms with Crippen molar-refractivity contribution < 1.29 is 13.2 Å². The third kappa shape index (κ3) is 6.89. The number of alkyl halides is 3. The molecule has 2 N–H and O–H groups in total. The summed E-state index contributed by atoms with van der Waals surface area (Å²) in [4.78, 5) is 10.2. The molecule has 1 unspecified atom stereocenters. The Hall–Kier alpha value is -1.40. The Morgan fingerprint density at radius 3 is 2.75 bits per heavy atom. The first kappa shape index (κ1) is 22.9. The van der Waals surface area contributed by atoms with Crippen LogP contribution in [0.1, 0.15) is 11.4 Å². The van der Waals surface area contributed by atoms with E-state index in [0.717, 1.165) is 16.3 Å². The molecule has 3 rings (SSSR count). The maximum atomic E-state index is 12.5. The van der Waals surface area contributed by atoms with Gasteiger partial charge in [0.2, 0.25) is 0 Å². The molecule has 2 aromatic rings. The molecule has 0 bridgehead atoms. The van der Waals surface area contributed by atoms with Gasteiger partial charge in [-0.2, -0.15) is 13.2 Å². The minimum absolute atomic E-state index is 0. The van der Waals surface area contributed by atoms with Crippen molar-refractivity contribution in [3.63, 3.8) is 0 Å². The van der Waals surface area contributed by atoms with Gasteiger partial charge in [-0.3, -0.25) is 9.89 Å². The maximum Gasteiger partial charge on any atom is 0.401 e. The molecule has 1 aromatic carbocycles. The van der Waals surface area contributed by atoms with Crippen LogP contribution in [0, 0.1) is 0 Å². The molecule has 1 aromatic heterocycles. The van der Waals surface area contributed by atoms with Crippen LogP contribution in [0.2, 0.25) is 0 Å². The lowest BCUT2D eigenvalue weighted by atomic mass is 10.2. The molecule has 0 aliphatic carbocycles. The zero-order chi connectivity index (χ0) is 19.3. The highest BCUT2D eigenvalue weighted by atomic mass is 127. The Labute approximate surface area is 183 Å². The molecule has 0 saturated carbocycles. The number of halogens is 4.